The number of methoxy groups -OCH3 is 1. The normalized spacial score (nSPS) is 10.6. The summed E-state index contributed by atoms with van der Waals surface area (Å²) < 4.78 is 5.23. The molecule has 0 amide bonds. The van der Waals surface area contributed by atoms with Crippen LogP contribution < -0.4 is 4.74 Å². The van der Waals surface area contributed by atoms with Crippen molar-refractivity contribution in [1.29, 1.82) is 0 Å². The summed E-state index contributed by atoms with van der Waals surface area (Å²) in [7, 11) is 1.68. The highest BCUT2D eigenvalue weighted by molar-refractivity contribution is 5.87. The molecule has 0 radical (unpaired) electrons. The molecule has 0 spiro atoms. The molecule has 3 aromatic rings. The minimum absolute atomic E-state index is 0.874. The molecule has 0 aliphatic heterocycles. The summed E-state index contributed by atoms with van der Waals surface area (Å²) in [6.07, 6.45) is 1.76. The van der Waals surface area contributed by atoms with Gasteiger partial charge >= 0.3 is 0 Å². The van der Waals surface area contributed by atoms with Crippen LogP contribution in [0.5, 0.6) is 5.75 Å². The zero-order valence-corrected chi connectivity index (χ0v) is 9.47. The molecule has 3 heteroatoms. The summed E-state index contributed by atoms with van der Waals surface area (Å²) in [5, 5.41) is 9.29. The first-order valence-corrected chi connectivity index (χ1v) is 5.44. The van der Waals surface area contributed by atoms with E-state index in [2.05, 4.69) is 34.5 Å². The van der Waals surface area contributed by atoms with Gasteiger partial charge in [-0.3, -0.25) is 5.10 Å². The van der Waals surface area contributed by atoms with Gasteiger partial charge in [0, 0.05) is 11.8 Å². The number of ether oxygens (including phenoxy) is 1. The van der Waals surface area contributed by atoms with Crippen molar-refractivity contribution >= 4 is 10.8 Å². The summed E-state index contributed by atoms with van der Waals surface area (Å²) in [5.41, 5.74) is 2.15. The van der Waals surface area contributed by atoms with E-state index in [1.165, 1.54) is 5.39 Å². The Labute approximate surface area is 99.0 Å². The third-order valence-electron chi connectivity index (χ3n) is 2.86. The van der Waals surface area contributed by atoms with Gasteiger partial charge in [0.15, 0.2) is 0 Å². The third kappa shape index (κ3) is 1.76. The fourth-order valence-corrected chi connectivity index (χ4v) is 1.94. The first kappa shape index (κ1) is 9.90. The molecule has 84 valence electrons. The zero-order valence-electron chi connectivity index (χ0n) is 9.47. The summed E-state index contributed by atoms with van der Waals surface area (Å²) in [4.78, 5) is 0. The monoisotopic (exact) mass is 224 g/mol. The van der Waals surface area contributed by atoms with Crippen LogP contribution in [0.15, 0.2) is 48.7 Å². The van der Waals surface area contributed by atoms with Crippen LogP contribution in [0.2, 0.25) is 0 Å². The molecule has 0 fully saturated rings. The Morgan fingerprint density at radius 1 is 1.00 bits per heavy atom. The molecule has 3 rings (SSSR count). The number of aromatic amines is 1. The maximum Gasteiger partial charge on any atom is 0.119 e. The van der Waals surface area contributed by atoms with Gasteiger partial charge in [-0.1, -0.05) is 18.2 Å². The van der Waals surface area contributed by atoms with Gasteiger partial charge in [0.25, 0.3) is 0 Å². The molecule has 0 saturated heterocycles. The smallest absolute Gasteiger partial charge is 0.119 e. The summed E-state index contributed by atoms with van der Waals surface area (Å²) in [6, 6.07) is 14.3. The van der Waals surface area contributed by atoms with Crippen molar-refractivity contribution in [3.63, 3.8) is 0 Å². The van der Waals surface area contributed by atoms with Gasteiger partial charge < -0.3 is 4.74 Å². The van der Waals surface area contributed by atoms with Crippen molar-refractivity contribution < 1.29 is 4.74 Å². The minimum Gasteiger partial charge on any atom is -0.497 e. The molecule has 1 aromatic heterocycles. The lowest BCUT2D eigenvalue weighted by Crippen LogP contribution is -1.83. The lowest BCUT2D eigenvalue weighted by molar-refractivity contribution is 0.415. The Balaban J connectivity index is 2.17. The molecule has 0 saturated carbocycles. The van der Waals surface area contributed by atoms with E-state index < -0.39 is 0 Å². The van der Waals surface area contributed by atoms with Crippen LogP contribution in [0.4, 0.5) is 0 Å². The average Bonchev–Trinajstić information content (AvgIpc) is 2.91. The van der Waals surface area contributed by atoms with Gasteiger partial charge in [0.05, 0.1) is 12.8 Å². The maximum atomic E-state index is 5.23. The fraction of sp³-hybridized carbons (Fsp3) is 0.0714. The van der Waals surface area contributed by atoms with Crippen molar-refractivity contribution in [2.45, 2.75) is 0 Å². The van der Waals surface area contributed by atoms with E-state index in [1.54, 1.807) is 13.3 Å². The van der Waals surface area contributed by atoms with E-state index >= 15 is 0 Å². The molecule has 0 bridgehead atoms. The van der Waals surface area contributed by atoms with E-state index in [-0.39, 0.29) is 0 Å². The van der Waals surface area contributed by atoms with E-state index in [0.717, 1.165) is 22.4 Å². The number of hydrogen-bond acceptors (Lipinski definition) is 2. The van der Waals surface area contributed by atoms with Crippen LogP contribution in [-0.4, -0.2) is 17.3 Å². The first-order valence-electron chi connectivity index (χ1n) is 5.44. The van der Waals surface area contributed by atoms with Gasteiger partial charge in [0.1, 0.15) is 5.75 Å². The minimum atomic E-state index is 0.874. The van der Waals surface area contributed by atoms with Gasteiger partial charge in [-0.25, -0.2) is 0 Å². The average molecular weight is 224 g/mol. The maximum absolute atomic E-state index is 5.23. The van der Waals surface area contributed by atoms with E-state index in [0.29, 0.717) is 0 Å². The summed E-state index contributed by atoms with van der Waals surface area (Å²) in [5.74, 6) is 0.874. The molecule has 1 N–H and O–H groups in total. The first-order chi connectivity index (χ1) is 8.36. The molecular weight excluding hydrogens is 212 g/mol. The second kappa shape index (κ2) is 3.94. The number of fused-ring (bicyclic) bond motifs is 1. The van der Waals surface area contributed by atoms with Crippen molar-refractivity contribution in [2.24, 2.45) is 0 Å². The Kier molecular flexibility index (Phi) is 2.29. The molecule has 1 heterocycles. The zero-order chi connectivity index (χ0) is 11.7. The van der Waals surface area contributed by atoms with Crippen molar-refractivity contribution in [3.8, 4) is 17.0 Å². The molecule has 17 heavy (non-hydrogen) atoms. The number of hydrogen-bond donors (Lipinski definition) is 1. The van der Waals surface area contributed by atoms with Crippen LogP contribution >= 0.6 is 0 Å². The van der Waals surface area contributed by atoms with Gasteiger partial charge in [0.2, 0.25) is 0 Å². The molecule has 0 aliphatic rings. The predicted octanol–water partition coefficient (Wildman–Crippen LogP) is 3.24. The third-order valence-corrected chi connectivity index (χ3v) is 2.86. The van der Waals surface area contributed by atoms with Crippen molar-refractivity contribution in [3.05, 3.63) is 48.7 Å². The number of nitrogens with zero attached hydrogens (tertiary/aromatic N) is 1. The molecule has 2 aromatic carbocycles. The summed E-state index contributed by atoms with van der Waals surface area (Å²) >= 11 is 0. The van der Waals surface area contributed by atoms with E-state index in [4.69, 9.17) is 4.74 Å². The topological polar surface area (TPSA) is 37.9 Å². The van der Waals surface area contributed by atoms with Crippen LogP contribution in [0.3, 0.4) is 0 Å². The van der Waals surface area contributed by atoms with Gasteiger partial charge in [-0.15, -0.1) is 0 Å². The Morgan fingerprint density at radius 3 is 2.65 bits per heavy atom. The highest BCUT2D eigenvalue weighted by Gasteiger charge is 2.01. The Hall–Kier alpha value is -2.29. The molecular formula is C14H12N2O. The second-order valence-corrected chi connectivity index (χ2v) is 3.90. The Bertz CT molecular complexity index is 644. The highest BCUT2D eigenvalue weighted by atomic mass is 16.5. The Morgan fingerprint density at radius 2 is 1.88 bits per heavy atom. The second-order valence-electron chi connectivity index (χ2n) is 3.90. The lowest BCUT2D eigenvalue weighted by Gasteiger charge is -2.04. The van der Waals surface area contributed by atoms with Crippen LogP contribution in [-0.2, 0) is 0 Å². The lowest BCUT2D eigenvalue weighted by atomic mass is 10.0. The highest BCUT2D eigenvalue weighted by Crippen LogP contribution is 2.25. The molecule has 3 nitrogen and oxygen atoms in total. The van der Waals surface area contributed by atoms with E-state index in [1.807, 2.05) is 18.2 Å². The SMILES string of the molecule is COc1ccc2ccc(-c3ccn[nH]3)cc2c1. The molecule has 0 unspecified atom stereocenters. The standard InChI is InChI=1S/C14H12N2O/c1-17-13-5-4-10-2-3-11(8-12(10)9-13)14-6-7-15-16-14/h2-9H,1H3,(H,15,16). The van der Waals surface area contributed by atoms with Crippen LogP contribution in [0.25, 0.3) is 22.0 Å². The largest absolute Gasteiger partial charge is 0.497 e. The van der Waals surface area contributed by atoms with Gasteiger partial charge in [-0.2, -0.15) is 5.10 Å². The molecule has 0 atom stereocenters. The van der Waals surface area contributed by atoms with Crippen molar-refractivity contribution in [2.75, 3.05) is 7.11 Å². The predicted molar refractivity (Wildman–Crippen MR) is 68.1 cm³/mol. The quantitative estimate of drug-likeness (QED) is 0.725. The fourth-order valence-electron chi connectivity index (χ4n) is 1.94. The van der Waals surface area contributed by atoms with Crippen LogP contribution in [0.1, 0.15) is 0 Å². The number of nitrogens with one attached hydrogen (secondary N) is 1. The van der Waals surface area contributed by atoms with Crippen molar-refractivity contribution in [1.82, 2.24) is 10.2 Å². The van der Waals surface area contributed by atoms with E-state index in [9.17, 15) is 0 Å². The van der Waals surface area contributed by atoms with Gasteiger partial charge in [-0.05, 0) is 35.0 Å². The molecule has 0 aliphatic carbocycles. The number of H-pyrrole nitrogens is 1. The number of benzene rings is 2. The summed E-state index contributed by atoms with van der Waals surface area (Å²) in [6.45, 7) is 0. The number of rotatable bonds is 2. The number of aromatic nitrogens is 2. The van der Waals surface area contributed by atoms with Crippen LogP contribution in [0, 0.1) is 0 Å².